The van der Waals surface area contributed by atoms with Gasteiger partial charge in [-0.2, -0.15) is 4.31 Å². The predicted octanol–water partition coefficient (Wildman–Crippen LogP) is -0.211. The van der Waals surface area contributed by atoms with Crippen LogP contribution in [-0.2, 0) is 23.1 Å². The Morgan fingerprint density at radius 1 is 1.19 bits per heavy atom. The van der Waals surface area contributed by atoms with E-state index in [0.29, 0.717) is 18.0 Å². The highest BCUT2D eigenvalue weighted by Crippen LogP contribution is 2.21. The van der Waals surface area contributed by atoms with Crippen LogP contribution in [0.3, 0.4) is 0 Å². The van der Waals surface area contributed by atoms with Crippen LogP contribution in [0.15, 0.2) is 23.1 Å². The van der Waals surface area contributed by atoms with Crippen LogP contribution in [0.2, 0.25) is 0 Å². The number of quaternary nitrogens is 1. The number of hydrogen-bond donors (Lipinski definition) is 1. The molecule has 26 heavy (non-hydrogen) atoms. The van der Waals surface area contributed by atoms with E-state index in [4.69, 9.17) is 0 Å². The van der Waals surface area contributed by atoms with E-state index in [2.05, 4.69) is 22.4 Å². The number of nitrogens with zero attached hydrogens (tertiary/aromatic N) is 5. The lowest BCUT2D eigenvalue weighted by Crippen LogP contribution is -3.13. The summed E-state index contributed by atoms with van der Waals surface area (Å²) in [6.07, 6.45) is 0.981. The second-order valence-corrected chi connectivity index (χ2v) is 8.82. The molecule has 142 valence electrons. The molecule has 1 aliphatic heterocycles. The number of aryl methyl sites for hydroxylation is 3. The van der Waals surface area contributed by atoms with Crippen molar-refractivity contribution >= 4 is 10.0 Å². The van der Waals surface area contributed by atoms with E-state index < -0.39 is 10.0 Å². The van der Waals surface area contributed by atoms with Crippen molar-refractivity contribution in [3.8, 4) is 0 Å². The molecule has 3 rings (SSSR count). The first-order chi connectivity index (χ1) is 12.4. The van der Waals surface area contributed by atoms with E-state index in [0.717, 1.165) is 49.6 Å². The molecular formula is C17H27N6O2S+. The molecule has 8 nitrogen and oxygen atoms in total. The number of piperazine rings is 1. The molecule has 1 aromatic carbocycles. The molecular weight excluding hydrogens is 352 g/mol. The third-order valence-electron chi connectivity index (χ3n) is 4.84. The number of nitrogens with one attached hydrogen (secondary N) is 1. The van der Waals surface area contributed by atoms with Crippen molar-refractivity contribution in [3.05, 3.63) is 35.2 Å². The maximum Gasteiger partial charge on any atom is 0.243 e. The fraction of sp³-hybridized carbons (Fsp3) is 0.588. The van der Waals surface area contributed by atoms with Crippen molar-refractivity contribution in [2.75, 3.05) is 26.2 Å². The fourth-order valence-electron chi connectivity index (χ4n) is 3.30. The van der Waals surface area contributed by atoms with E-state index >= 15 is 0 Å². The largest absolute Gasteiger partial charge is 0.326 e. The summed E-state index contributed by atoms with van der Waals surface area (Å²) in [4.78, 5) is 1.73. The van der Waals surface area contributed by atoms with Gasteiger partial charge >= 0.3 is 0 Å². The Morgan fingerprint density at radius 2 is 1.92 bits per heavy atom. The maximum atomic E-state index is 13.0. The highest BCUT2D eigenvalue weighted by molar-refractivity contribution is 7.89. The van der Waals surface area contributed by atoms with Gasteiger partial charge in [-0.25, -0.2) is 13.1 Å². The third kappa shape index (κ3) is 3.94. The smallest absolute Gasteiger partial charge is 0.243 e. The standard InChI is InChI=1S/C17H26N6O2S/c1-4-7-23-17(18-19-20-23)13-21-8-10-22(11-9-21)26(24,25)16-12-14(2)5-6-15(16)3/h5-6,12H,4,7-11,13H2,1-3H3/p+1. The van der Waals surface area contributed by atoms with Gasteiger partial charge in [0.25, 0.3) is 0 Å². The minimum atomic E-state index is -3.44. The highest BCUT2D eigenvalue weighted by atomic mass is 32.2. The Balaban J connectivity index is 1.66. The van der Waals surface area contributed by atoms with E-state index in [1.165, 1.54) is 4.90 Å². The molecule has 1 saturated heterocycles. The molecule has 1 fully saturated rings. The van der Waals surface area contributed by atoms with Gasteiger partial charge < -0.3 is 4.90 Å². The summed E-state index contributed by atoms with van der Waals surface area (Å²) in [6, 6.07) is 5.58. The zero-order chi connectivity index (χ0) is 18.7. The summed E-state index contributed by atoms with van der Waals surface area (Å²) in [7, 11) is -3.44. The number of tetrazole rings is 1. The van der Waals surface area contributed by atoms with Gasteiger partial charge in [0.15, 0.2) is 0 Å². The number of rotatable bonds is 6. The van der Waals surface area contributed by atoms with Gasteiger partial charge in [-0.1, -0.05) is 19.1 Å². The monoisotopic (exact) mass is 379 g/mol. The number of hydrogen-bond acceptors (Lipinski definition) is 5. The van der Waals surface area contributed by atoms with Crippen molar-refractivity contribution < 1.29 is 13.3 Å². The van der Waals surface area contributed by atoms with Gasteiger partial charge in [-0.05, 0) is 47.9 Å². The molecule has 0 radical (unpaired) electrons. The van der Waals surface area contributed by atoms with E-state index in [1.54, 1.807) is 10.4 Å². The molecule has 0 unspecified atom stereocenters. The normalized spacial score (nSPS) is 16.9. The van der Waals surface area contributed by atoms with E-state index in [9.17, 15) is 8.42 Å². The summed E-state index contributed by atoms with van der Waals surface area (Å²) < 4.78 is 29.5. The molecule has 0 aliphatic carbocycles. The van der Waals surface area contributed by atoms with Gasteiger partial charge in [0.05, 0.1) is 31.1 Å². The van der Waals surface area contributed by atoms with E-state index in [1.807, 2.05) is 30.7 Å². The minimum absolute atomic E-state index is 0.424. The Labute approximate surface area is 154 Å². The van der Waals surface area contributed by atoms with Crippen LogP contribution in [0.25, 0.3) is 0 Å². The number of benzene rings is 1. The Kier molecular flexibility index (Phi) is 5.69. The molecule has 0 bridgehead atoms. The lowest BCUT2D eigenvalue weighted by molar-refractivity contribution is -0.918. The van der Waals surface area contributed by atoms with Gasteiger partial charge in [0.1, 0.15) is 6.54 Å². The second kappa shape index (κ2) is 7.81. The van der Waals surface area contributed by atoms with Crippen molar-refractivity contribution in [2.45, 2.75) is 45.2 Å². The summed E-state index contributed by atoms with van der Waals surface area (Å²) >= 11 is 0. The predicted molar refractivity (Wildman–Crippen MR) is 97.2 cm³/mol. The molecule has 0 atom stereocenters. The van der Waals surface area contributed by atoms with Crippen LogP contribution in [-0.4, -0.2) is 59.1 Å². The van der Waals surface area contributed by atoms with Crippen LogP contribution in [0.1, 0.15) is 30.3 Å². The second-order valence-electron chi connectivity index (χ2n) is 6.92. The molecule has 2 heterocycles. The van der Waals surface area contributed by atoms with Crippen LogP contribution >= 0.6 is 0 Å². The van der Waals surface area contributed by atoms with Crippen molar-refractivity contribution in [1.82, 2.24) is 24.5 Å². The lowest BCUT2D eigenvalue weighted by Gasteiger charge is -2.31. The topological polar surface area (TPSA) is 85.4 Å². The first-order valence-corrected chi connectivity index (χ1v) is 10.5. The fourth-order valence-corrected chi connectivity index (χ4v) is 5.05. The highest BCUT2D eigenvalue weighted by Gasteiger charge is 2.32. The maximum absolute atomic E-state index is 13.0. The molecule has 1 N–H and O–H groups in total. The van der Waals surface area contributed by atoms with Crippen molar-refractivity contribution in [3.63, 3.8) is 0 Å². The van der Waals surface area contributed by atoms with Crippen LogP contribution in [0.4, 0.5) is 0 Å². The van der Waals surface area contributed by atoms with Gasteiger partial charge in [-0.3, -0.25) is 0 Å². The van der Waals surface area contributed by atoms with Gasteiger partial charge in [0.2, 0.25) is 15.8 Å². The Bertz CT molecular complexity index is 856. The molecule has 9 heteroatoms. The summed E-state index contributed by atoms with van der Waals surface area (Å²) in [5.41, 5.74) is 1.75. The van der Waals surface area contributed by atoms with Crippen molar-refractivity contribution in [1.29, 1.82) is 0 Å². The number of aromatic nitrogens is 4. The van der Waals surface area contributed by atoms with Crippen molar-refractivity contribution in [2.24, 2.45) is 0 Å². The molecule has 0 saturated carbocycles. The van der Waals surface area contributed by atoms with Gasteiger partial charge in [0, 0.05) is 6.54 Å². The SMILES string of the molecule is CCCn1nnnc1C[NH+]1CCN(S(=O)(=O)c2cc(C)ccc2C)CC1. The Hall–Kier alpha value is -1.84. The average Bonchev–Trinajstić information content (AvgIpc) is 3.05. The summed E-state index contributed by atoms with van der Waals surface area (Å²) in [5.74, 6) is 0.868. The number of sulfonamides is 1. The van der Waals surface area contributed by atoms with Crippen LogP contribution < -0.4 is 4.90 Å². The first-order valence-electron chi connectivity index (χ1n) is 9.08. The average molecular weight is 380 g/mol. The third-order valence-corrected chi connectivity index (χ3v) is 6.88. The molecule has 1 aliphatic rings. The zero-order valence-corrected chi connectivity index (χ0v) is 16.5. The molecule has 1 aromatic heterocycles. The van der Waals surface area contributed by atoms with Crippen LogP contribution in [0, 0.1) is 13.8 Å². The van der Waals surface area contributed by atoms with Gasteiger partial charge in [-0.15, -0.1) is 5.10 Å². The summed E-state index contributed by atoms with van der Waals surface area (Å²) in [6.45, 7) is 9.93. The quantitative estimate of drug-likeness (QED) is 0.751. The zero-order valence-electron chi connectivity index (χ0n) is 15.6. The first kappa shape index (κ1) is 18.9. The molecule has 0 amide bonds. The lowest BCUT2D eigenvalue weighted by atomic mass is 10.2. The Morgan fingerprint density at radius 3 is 2.62 bits per heavy atom. The summed E-state index contributed by atoms with van der Waals surface area (Å²) in [5, 5.41) is 11.9. The van der Waals surface area contributed by atoms with E-state index in [-0.39, 0.29) is 0 Å². The minimum Gasteiger partial charge on any atom is -0.326 e. The van der Waals surface area contributed by atoms with Crippen LogP contribution in [0.5, 0.6) is 0 Å². The molecule has 0 spiro atoms. The molecule has 2 aromatic rings.